The molecule has 0 aliphatic heterocycles. The number of aryl methyl sites for hydroxylation is 1. The van der Waals surface area contributed by atoms with Gasteiger partial charge in [-0.1, -0.05) is 23.7 Å². The first-order chi connectivity index (χ1) is 10.0. The molecule has 0 saturated carbocycles. The van der Waals surface area contributed by atoms with Gasteiger partial charge in [-0.3, -0.25) is 4.79 Å². The minimum absolute atomic E-state index is 0.0766. The lowest BCUT2D eigenvalue weighted by atomic mass is 10.2. The Kier molecular flexibility index (Phi) is 5.33. The Bertz CT molecular complexity index is 624. The van der Waals surface area contributed by atoms with Crippen LogP contribution in [0.4, 0.5) is 0 Å². The van der Waals surface area contributed by atoms with Gasteiger partial charge in [0.05, 0.1) is 5.69 Å². The molecule has 4 nitrogen and oxygen atoms in total. The van der Waals surface area contributed by atoms with Crippen LogP contribution in [0.1, 0.15) is 22.3 Å². The number of nitrogens with one attached hydrogen (secondary N) is 2. The van der Waals surface area contributed by atoms with E-state index < -0.39 is 0 Å². The van der Waals surface area contributed by atoms with Crippen LogP contribution in [0.15, 0.2) is 24.3 Å². The van der Waals surface area contributed by atoms with Gasteiger partial charge in [0, 0.05) is 23.2 Å². The average Bonchev–Trinajstić information content (AvgIpc) is 2.87. The van der Waals surface area contributed by atoms with Crippen molar-refractivity contribution in [2.24, 2.45) is 0 Å². The first-order valence-electron chi connectivity index (χ1n) is 6.70. The number of thiazole rings is 1. The van der Waals surface area contributed by atoms with Crippen molar-refractivity contribution in [2.75, 3.05) is 13.6 Å². The Labute approximate surface area is 133 Å². The van der Waals surface area contributed by atoms with E-state index >= 15 is 0 Å². The minimum atomic E-state index is -0.0766. The molecule has 0 aliphatic rings. The highest BCUT2D eigenvalue weighted by atomic mass is 35.5. The summed E-state index contributed by atoms with van der Waals surface area (Å²) in [7, 11) is 1.87. The van der Waals surface area contributed by atoms with Crippen LogP contribution in [0.3, 0.4) is 0 Å². The van der Waals surface area contributed by atoms with Crippen LogP contribution in [0.2, 0.25) is 5.02 Å². The van der Waals surface area contributed by atoms with E-state index in [0.717, 1.165) is 16.3 Å². The van der Waals surface area contributed by atoms with E-state index in [0.29, 0.717) is 16.4 Å². The van der Waals surface area contributed by atoms with Crippen LogP contribution in [0, 0.1) is 6.92 Å². The molecular formula is C15H18ClN3OS. The fourth-order valence-electron chi connectivity index (χ4n) is 1.75. The van der Waals surface area contributed by atoms with E-state index in [2.05, 4.69) is 15.6 Å². The van der Waals surface area contributed by atoms with Gasteiger partial charge in [0.15, 0.2) is 0 Å². The van der Waals surface area contributed by atoms with Crippen molar-refractivity contribution in [2.45, 2.75) is 19.9 Å². The maximum Gasteiger partial charge on any atom is 0.263 e. The zero-order chi connectivity index (χ0) is 15.4. The minimum Gasteiger partial charge on any atom is -0.350 e. The highest BCUT2D eigenvalue weighted by Crippen LogP contribution is 2.28. The number of likely N-dealkylation sites (N-methyl/N-ethyl adjacent to an activating group) is 1. The number of carbonyl (C=O) groups excluding carboxylic acids is 1. The molecule has 0 saturated heterocycles. The van der Waals surface area contributed by atoms with Gasteiger partial charge in [0.1, 0.15) is 9.88 Å². The number of halogens is 1. The smallest absolute Gasteiger partial charge is 0.263 e. The van der Waals surface area contributed by atoms with Gasteiger partial charge in [0.25, 0.3) is 5.91 Å². The van der Waals surface area contributed by atoms with Gasteiger partial charge >= 0.3 is 0 Å². The second kappa shape index (κ2) is 7.02. The van der Waals surface area contributed by atoms with Crippen molar-refractivity contribution in [3.63, 3.8) is 0 Å². The third-order valence-electron chi connectivity index (χ3n) is 3.16. The summed E-state index contributed by atoms with van der Waals surface area (Å²) < 4.78 is 0. The van der Waals surface area contributed by atoms with Crippen molar-refractivity contribution in [3.8, 4) is 10.6 Å². The summed E-state index contributed by atoms with van der Waals surface area (Å²) in [6.45, 7) is 4.45. The first kappa shape index (κ1) is 15.9. The average molecular weight is 324 g/mol. The standard InChI is InChI=1S/C15H18ClN3OS/c1-9(17-3)8-18-14(20)13-10(2)19-15(21-13)11-4-6-12(16)7-5-11/h4-7,9,17H,8H2,1-3H3,(H,18,20). The molecule has 2 N–H and O–H groups in total. The second-order valence-electron chi connectivity index (χ2n) is 4.84. The highest BCUT2D eigenvalue weighted by Gasteiger charge is 2.16. The second-order valence-corrected chi connectivity index (χ2v) is 6.28. The molecule has 21 heavy (non-hydrogen) atoms. The molecule has 1 unspecified atom stereocenters. The summed E-state index contributed by atoms with van der Waals surface area (Å²) in [6, 6.07) is 7.69. The van der Waals surface area contributed by atoms with Gasteiger partial charge in [-0.2, -0.15) is 0 Å². The fourth-order valence-corrected chi connectivity index (χ4v) is 2.87. The normalized spacial score (nSPS) is 12.2. The van der Waals surface area contributed by atoms with Crippen LogP contribution in [0.25, 0.3) is 10.6 Å². The fraction of sp³-hybridized carbons (Fsp3) is 0.333. The van der Waals surface area contributed by atoms with Crippen molar-refractivity contribution in [1.29, 1.82) is 0 Å². The van der Waals surface area contributed by atoms with Gasteiger partial charge < -0.3 is 10.6 Å². The molecule has 2 rings (SSSR count). The van der Waals surface area contributed by atoms with Gasteiger partial charge in [0.2, 0.25) is 0 Å². The Morgan fingerprint density at radius 2 is 2.05 bits per heavy atom. The molecule has 0 bridgehead atoms. The Morgan fingerprint density at radius 1 is 1.38 bits per heavy atom. The third-order valence-corrected chi connectivity index (χ3v) is 4.61. The monoisotopic (exact) mass is 323 g/mol. The molecule has 1 aromatic carbocycles. The molecule has 0 radical (unpaired) electrons. The largest absolute Gasteiger partial charge is 0.350 e. The summed E-state index contributed by atoms with van der Waals surface area (Å²) in [6.07, 6.45) is 0. The predicted molar refractivity (Wildman–Crippen MR) is 88.2 cm³/mol. The van der Waals surface area contributed by atoms with Crippen molar-refractivity contribution in [1.82, 2.24) is 15.6 Å². The summed E-state index contributed by atoms with van der Waals surface area (Å²) in [4.78, 5) is 17.3. The Morgan fingerprint density at radius 3 is 2.67 bits per heavy atom. The number of aromatic nitrogens is 1. The molecule has 112 valence electrons. The quantitative estimate of drug-likeness (QED) is 0.889. The third kappa shape index (κ3) is 4.03. The van der Waals surface area contributed by atoms with Crippen molar-refractivity contribution in [3.05, 3.63) is 39.9 Å². The maximum atomic E-state index is 12.2. The van der Waals surface area contributed by atoms with Gasteiger partial charge in [-0.25, -0.2) is 4.98 Å². The summed E-state index contributed by atoms with van der Waals surface area (Å²) in [5, 5.41) is 7.51. The van der Waals surface area contributed by atoms with E-state index in [1.54, 1.807) is 0 Å². The molecule has 6 heteroatoms. The molecule has 1 amide bonds. The van der Waals surface area contributed by atoms with Crippen molar-refractivity contribution >= 4 is 28.8 Å². The predicted octanol–water partition coefficient (Wildman–Crippen LogP) is 3.11. The van der Waals surface area contributed by atoms with Crippen LogP contribution in [0.5, 0.6) is 0 Å². The first-order valence-corrected chi connectivity index (χ1v) is 7.89. The molecular weight excluding hydrogens is 306 g/mol. The maximum absolute atomic E-state index is 12.2. The molecule has 1 atom stereocenters. The lowest BCUT2D eigenvalue weighted by Crippen LogP contribution is -2.37. The van der Waals surface area contributed by atoms with E-state index in [1.807, 2.05) is 45.2 Å². The van der Waals surface area contributed by atoms with Gasteiger partial charge in [-0.05, 0) is 33.0 Å². The summed E-state index contributed by atoms with van der Waals surface area (Å²) in [5.41, 5.74) is 1.72. The number of nitrogens with zero attached hydrogens (tertiary/aromatic N) is 1. The molecule has 0 aliphatic carbocycles. The Hall–Kier alpha value is -1.43. The van der Waals surface area contributed by atoms with Crippen LogP contribution in [-0.2, 0) is 0 Å². The van der Waals surface area contributed by atoms with E-state index in [9.17, 15) is 4.79 Å². The molecule has 0 fully saturated rings. The lowest BCUT2D eigenvalue weighted by molar-refractivity contribution is 0.0954. The zero-order valence-electron chi connectivity index (χ0n) is 12.2. The number of amides is 1. The summed E-state index contributed by atoms with van der Waals surface area (Å²) >= 11 is 7.28. The molecule has 1 aromatic heterocycles. The number of benzene rings is 1. The number of hydrogen-bond acceptors (Lipinski definition) is 4. The van der Waals surface area contributed by atoms with Crippen LogP contribution in [-0.4, -0.2) is 30.5 Å². The lowest BCUT2D eigenvalue weighted by Gasteiger charge is -2.10. The number of hydrogen-bond donors (Lipinski definition) is 2. The molecule has 1 heterocycles. The van der Waals surface area contributed by atoms with Crippen LogP contribution < -0.4 is 10.6 Å². The highest BCUT2D eigenvalue weighted by molar-refractivity contribution is 7.17. The Balaban J connectivity index is 2.15. The summed E-state index contributed by atoms with van der Waals surface area (Å²) in [5.74, 6) is -0.0766. The van der Waals surface area contributed by atoms with Crippen molar-refractivity contribution < 1.29 is 4.79 Å². The SMILES string of the molecule is CNC(C)CNC(=O)c1sc(-c2ccc(Cl)cc2)nc1C. The topological polar surface area (TPSA) is 54.0 Å². The zero-order valence-corrected chi connectivity index (χ0v) is 13.8. The van der Waals surface area contributed by atoms with E-state index in [-0.39, 0.29) is 11.9 Å². The number of carbonyl (C=O) groups is 1. The molecule has 2 aromatic rings. The van der Waals surface area contributed by atoms with Gasteiger partial charge in [-0.15, -0.1) is 11.3 Å². The van der Waals surface area contributed by atoms with E-state index in [1.165, 1.54) is 11.3 Å². The molecule has 0 spiro atoms. The van der Waals surface area contributed by atoms with Crippen LogP contribution >= 0.6 is 22.9 Å². The number of rotatable bonds is 5. The van der Waals surface area contributed by atoms with E-state index in [4.69, 9.17) is 11.6 Å².